The number of sulfone groups is 1. The van der Waals surface area contributed by atoms with Crippen molar-refractivity contribution < 1.29 is 8.42 Å². The van der Waals surface area contributed by atoms with E-state index in [0.717, 1.165) is 0 Å². The quantitative estimate of drug-likeness (QED) is 0.687. The molecule has 1 rings (SSSR count). The normalized spacial score (nSPS) is 28.8. The van der Waals surface area contributed by atoms with Crippen molar-refractivity contribution in [3.63, 3.8) is 0 Å². The third-order valence-corrected chi connectivity index (χ3v) is 4.51. The molecule has 6 heteroatoms. The first-order chi connectivity index (χ1) is 7.02. The van der Waals surface area contributed by atoms with E-state index in [1.165, 1.54) is 0 Å². The molecule has 1 heterocycles. The number of hydrogen-bond donors (Lipinski definition) is 2. The van der Waals surface area contributed by atoms with Gasteiger partial charge in [0.25, 0.3) is 0 Å². The summed E-state index contributed by atoms with van der Waals surface area (Å²) in [6.45, 7) is 7.92. The molecule has 0 bridgehead atoms. The van der Waals surface area contributed by atoms with Crippen LogP contribution in [0, 0.1) is 0 Å². The zero-order valence-electron chi connectivity index (χ0n) is 10.3. The van der Waals surface area contributed by atoms with Crippen LogP contribution in [0.5, 0.6) is 0 Å². The molecular formula is C10H20N2O2S2. The zero-order chi connectivity index (χ0) is 12.6. The molecule has 0 aromatic carbocycles. The van der Waals surface area contributed by atoms with Crippen molar-refractivity contribution in [2.45, 2.75) is 45.2 Å². The minimum absolute atomic E-state index is 0.113. The Labute approximate surface area is 103 Å². The van der Waals surface area contributed by atoms with Crippen molar-refractivity contribution in [2.75, 3.05) is 11.5 Å². The van der Waals surface area contributed by atoms with Crippen LogP contribution in [0.1, 0.15) is 34.1 Å². The summed E-state index contributed by atoms with van der Waals surface area (Å²) in [5, 5.41) is 6.75. The summed E-state index contributed by atoms with van der Waals surface area (Å²) >= 11 is 5.17. The Kier molecular flexibility index (Phi) is 3.55. The molecule has 2 N–H and O–H groups in total. The van der Waals surface area contributed by atoms with Gasteiger partial charge in [-0.1, -0.05) is 0 Å². The molecule has 0 unspecified atom stereocenters. The van der Waals surface area contributed by atoms with Crippen LogP contribution in [0.25, 0.3) is 0 Å². The van der Waals surface area contributed by atoms with Gasteiger partial charge in [0, 0.05) is 5.54 Å². The summed E-state index contributed by atoms with van der Waals surface area (Å²) in [5.41, 5.74) is -0.536. The van der Waals surface area contributed by atoms with Gasteiger partial charge in [0.05, 0.1) is 17.0 Å². The Morgan fingerprint density at radius 3 is 2.31 bits per heavy atom. The molecule has 1 fully saturated rings. The number of rotatable bonds is 1. The highest BCUT2D eigenvalue weighted by Crippen LogP contribution is 2.22. The van der Waals surface area contributed by atoms with Gasteiger partial charge in [-0.2, -0.15) is 0 Å². The molecule has 1 saturated heterocycles. The van der Waals surface area contributed by atoms with E-state index in [1.54, 1.807) is 0 Å². The lowest BCUT2D eigenvalue weighted by Crippen LogP contribution is -2.54. The van der Waals surface area contributed by atoms with Crippen LogP contribution in [0.2, 0.25) is 0 Å². The van der Waals surface area contributed by atoms with Gasteiger partial charge in [-0.15, -0.1) is 0 Å². The van der Waals surface area contributed by atoms with E-state index in [0.29, 0.717) is 11.5 Å². The van der Waals surface area contributed by atoms with Gasteiger partial charge in [-0.3, -0.25) is 0 Å². The average molecular weight is 264 g/mol. The summed E-state index contributed by atoms with van der Waals surface area (Å²) in [6, 6.07) is 0. The first kappa shape index (κ1) is 13.7. The summed E-state index contributed by atoms with van der Waals surface area (Å²) in [6.07, 6.45) is 0.612. The van der Waals surface area contributed by atoms with Crippen molar-refractivity contribution in [2.24, 2.45) is 0 Å². The Bertz CT molecular complexity index is 384. The van der Waals surface area contributed by atoms with E-state index >= 15 is 0 Å². The molecule has 16 heavy (non-hydrogen) atoms. The van der Waals surface area contributed by atoms with E-state index < -0.39 is 15.4 Å². The van der Waals surface area contributed by atoms with Crippen LogP contribution in [0.3, 0.4) is 0 Å². The van der Waals surface area contributed by atoms with Crippen molar-refractivity contribution in [1.82, 2.24) is 10.6 Å². The minimum Gasteiger partial charge on any atom is -0.358 e. The molecule has 0 radical (unpaired) electrons. The molecule has 0 saturated carbocycles. The van der Waals surface area contributed by atoms with Gasteiger partial charge in [-0.05, 0) is 46.3 Å². The number of nitrogens with one attached hydrogen (secondary N) is 2. The highest BCUT2D eigenvalue weighted by molar-refractivity contribution is 7.91. The highest BCUT2D eigenvalue weighted by atomic mass is 32.2. The van der Waals surface area contributed by atoms with Crippen molar-refractivity contribution in [1.29, 1.82) is 0 Å². The minimum atomic E-state index is -2.89. The maximum Gasteiger partial charge on any atom is 0.167 e. The highest BCUT2D eigenvalue weighted by Gasteiger charge is 2.38. The fourth-order valence-electron chi connectivity index (χ4n) is 1.75. The average Bonchev–Trinajstić information content (AvgIpc) is 2.19. The molecule has 0 aliphatic carbocycles. The SMILES string of the molecule is CC(C)(C)NC(=S)N[C@@]1(C)CCS(=O)(=O)C1. The molecule has 0 aromatic rings. The molecular weight excluding hydrogens is 244 g/mol. The molecule has 1 aliphatic heterocycles. The van der Waals surface area contributed by atoms with Gasteiger partial charge in [0.1, 0.15) is 0 Å². The van der Waals surface area contributed by atoms with Crippen LogP contribution >= 0.6 is 12.2 Å². The molecule has 94 valence electrons. The third kappa shape index (κ3) is 4.25. The van der Waals surface area contributed by atoms with Crippen molar-refractivity contribution in [3.8, 4) is 0 Å². The number of thiocarbonyl (C=S) groups is 1. The second kappa shape index (κ2) is 4.14. The summed E-state index contributed by atoms with van der Waals surface area (Å²) in [4.78, 5) is 0. The maximum atomic E-state index is 11.4. The molecule has 1 atom stereocenters. The monoisotopic (exact) mass is 264 g/mol. The van der Waals surface area contributed by atoms with Gasteiger partial charge < -0.3 is 10.6 Å². The summed E-state index contributed by atoms with van der Waals surface area (Å²) < 4.78 is 22.8. The lowest BCUT2D eigenvalue weighted by atomic mass is 10.0. The Balaban J connectivity index is 2.59. The smallest absolute Gasteiger partial charge is 0.167 e. The lowest BCUT2D eigenvalue weighted by Gasteiger charge is -2.30. The Hall–Kier alpha value is -0.360. The van der Waals surface area contributed by atoms with Crippen LogP contribution in [0.15, 0.2) is 0 Å². The van der Waals surface area contributed by atoms with E-state index in [-0.39, 0.29) is 17.0 Å². The maximum absolute atomic E-state index is 11.4. The fourth-order valence-corrected chi connectivity index (χ4v) is 4.40. The van der Waals surface area contributed by atoms with E-state index in [1.807, 2.05) is 27.7 Å². The van der Waals surface area contributed by atoms with E-state index in [2.05, 4.69) is 10.6 Å². The molecule has 0 spiro atoms. The van der Waals surface area contributed by atoms with Gasteiger partial charge in [0.15, 0.2) is 14.9 Å². The predicted molar refractivity (Wildman–Crippen MR) is 70.3 cm³/mol. The molecule has 0 aromatic heterocycles. The second-order valence-electron chi connectivity index (χ2n) is 5.73. The fraction of sp³-hybridized carbons (Fsp3) is 0.900. The second-order valence-corrected chi connectivity index (χ2v) is 8.32. The standard InChI is InChI=1S/C10H20N2O2S2/c1-9(2,3)11-8(15)12-10(4)5-6-16(13,14)7-10/h5-7H2,1-4H3,(H2,11,12,15)/t10-/m0/s1. The zero-order valence-corrected chi connectivity index (χ0v) is 11.9. The van der Waals surface area contributed by atoms with E-state index in [9.17, 15) is 8.42 Å². The Morgan fingerprint density at radius 2 is 1.94 bits per heavy atom. The summed E-state index contributed by atoms with van der Waals surface area (Å²) in [5.74, 6) is 0.403. The molecule has 1 aliphatic rings. The Morgan fingerprint density at radius 1 is 1.38 bits per heavy atom. The van der Waals surface area contributed by atoms with Gasteiger partial charge in [0.2, 0.25) is 0 Å². The van der Waals surface area contributed by atoms with Crippen LogP contribution in [0.4, 0.5) is 0 Å². The third-order valence-electron chi connectivity index (χ3n) is 2.41. The van der Waals surface area contributed by atoms with Crippen LogP contribution < -0.4 is 10.6 Å². The van der Waals surface area contributed by atoms with Crippen molar-refractivity contribution >= 4 is 27.2 Å². The first-order valence-corrected chi connectivity index (χ1v) is 7.55. The summed E-state index contributed by atoms with van der Waals surface area (Å²) in [7, 11) is -2.89. The van der Waals surface area contributed by atoms with Gasteiger partial charge in [-0.25, -0.2) is 8.42 Å². The largest absolute Gasteiger partial charge is 0.358 e. The first-order valence-electron chi connectivity index (χ1n) is 5.32. The van der Waals surface area contributed by atoms with Gasteiger partial charge >= 0.3 is 0 Å². The molecule has 0 amide bonds. The predicted octanol–water partition coefficient (Wildman–Crippen LogP) is 0.826. The number of hydrogen-bond acceptors (Lipinski definition) is 3. The van der Waals surface area contributed by atoms with E-state index in [4.69, 9.17) is 12.2 Å². The van der Waals surface area contributed by atoms with Crippen molar-refractivity contribution in [3.05, 3.63) is 0 Å². The topological polar surface area (TPSA) is 58.2 Å². The lowest BCUT2D eigenvalue weighted by molar-refractivity contribution is 0.446. The van der Waals surface area contributed by atoms with Crippen LogP contribution in [-0.2, 0) is 9.84 Å². The van der Waals surface area contributed by atoms with Crippen LogP contribution in [-0.4, -0.2) is 36.1 Å². The molecule has 4 nitrogen and oxygen atoms in total.